The normalized spacial score (nSPS) is 16.8. The van der Waals surface area contributed by atoms with Gasteiger partial charge in [-0.15, -0.1) is 0 Å². The first-order valence-electron chi connectivity index (χ1n) is 10.9. The summed E-state index contributed by atoms with van der Waals surface area (Å²) in [4.78, 5) is 32.3. The topological polar surface area (TPSA) is 43.9 Å². The third kappa shape index (κ3) is 3.62. The van der Waals surface area contributed by atoms with E-state index in [9.17, 15) is 14.0 Å². The number of rotatable bonds is 4. The van der Waals surface area contributed by atoms with Crippen molar-refractivity contribution in [3.05, 3.63) is 101 Å². The van der Waals surface area contributed by atoms with E-state index in [0.717, 1.165) is 11.1 Å². The third-order valence-electron chi connectivity index (χ3n) is 6.29. The van der Waals surface area contributed by atoms with E-state index in [2.05, 4.69) is 0 Å². The second-order valence-corrected chi connectivity index (χ2v) is 8.17. The van der Waals surface area contributed by atoms with Crippen molar-refractivity contribution in [2.75, 3.05) is 31.1 Å². The number of carbonyl (C=O) groups is 2. The van der Waals surface area contributed by atoms with Crippen LogP contribution in [0, 0.1) is 5.82 Å². The summed E-state index contributed by atoms with van der Waals surface area (Å²) in [6.07, 6.45) is 0. The lowest BCUT2D eigenvalue weighted by molar-refractivity contribution is -0.136. The van der Waals surface area contributed by atoms with Crippen LogP contribution in [0.25, 0.3) is 0 Å². The summed E-state index contributed by atoms with van der Waals surface area (Å²) in [5.41, 5.74) is 2.96. The van der Waals surface area contributed by atoms with Gasteiger partial charge in [0, 0.05) is 38.3 Å². The number of benzene rings is 3. The molecule has 3 aromatic rings. The molecule has 6 heteroatoms. The quantitative estimate of drug-likeness (QED) is 0.633. The van der Waals surface area contributed by atoms with E-state index < -0.39 is 6.04 Å². The summed E-state index contributed by atoms with van der Waals surface area (Å²) in [6.45, 7) is 2.46. The maximum Gasteiger partial charge on any atom is 0.255 e. The zero-order valence-electron chi connectivity index (χ0n) is 17.7. The number of carbonyl (C=O) groups excluding carboxylic acids is 2. The molecule has 1 fully saturated rings. The Labute approximate surface area is 186 Å². The fourth-order valence-electron chi connectivity index (χ4n) is 4.63. The fraction of sp³-hybridized carbons (Fsp3) is 0.231. The van der Waals surface area contributed by atoms with Crippen LogP contribution in [-0.2, 0) is 11.3 Å². The van der Waals surface area contributed by atoms with Crippen molar-refractivity contribution in [2.45, 2.75) is 12.6 Å². The largest absolute Gasteiger partial charge is 0.366 e. The van der Waals surface area contributed by atoms with E-state index in [1.165, 1.54) is 6.07 Å². The zero-order chi connectivity index (χ0) is 22.1. The average molecular weight is 429 g/mol. The van der Waals surface area contributed by atoms with Gasteiger partial charge in [-0.3, -0.25) is 9.59 Å². The first-order valence-corrected chi connectivity index (χ1v) is 10.9. The van der Waals surface area contributed by atoms with Crippen molar-refractivity contribution in [2.24, 2.45) is 0 Å². The molecule has 0 aliphatic carbocycles. The Kier molecular flexibility index (Phi) is 5.35. The number of fused-ring (bicyclic) bond motifs is 1. The number of piperazine rings is 1. The van der Waals surface area contributed by atoms with Crippen LogP contribution >= 0.6 is 0 Å². The molecule has 2 aliphatic heterocycles. The number of amides is 2. The molecular weight excluding hydrogens is 405 g/mol. The Hall–Kier alpha value is -3.67. The summed E-state index contributed by atoms with van der Waals surface area (Å²) in [5, 5.41) is 0. The van der Waals surface area contributed by atoms with Gasteiger partial charge in [0.1, 0.15) is 11.9 Å². The predicted molar refractivity (Wildman–Crippen MR) is 121 cm³/mol. The second kappa shape index (κ2) is 8.46. The van der Waals surface area contributed by atoms with Gasteiger partial charge in [0.15, 0.2) is 0 Å². The molecule has 162 valence electrons. The molecule has 5 nitrogen and oxygen atoms in total. The highest BCUT2D eigenvalue weighted by Crippen LogP contribution is 2.33. The Morgan fingerprint density at radius 3 is 2.19 bits per heavy atom. The number of anilines is 1. The summed E-state index contributed by atoms with van der Waals surface area (Å²) >= 11 is 0. The van der Waals surface area contributed by atoms with Crippen LogP contribution in [0.3, 0.4) is 0 Å². The first-order chi connectivity index (χ1) is 15.6. The van der Waals surface area contributed by atoms with Crippen molar-refractivity contribution in [3.63, 3.8) is 0 Å². The lowest BCUT2D eigenvalue weighted by Gasteiger charge is -2.39. The molecule has 1 saturated heterocycles. The second-order valence-electron chi connectivity index (χ2n) is 8.17. The van der Waals surface area contributed by atoms with Crippen LogP contribution < -0.4 is 4.90 Å². The molecule has 2 aliphatic rings. The molecule has 0 spiro atoms. The lowest BCUT2D eigenvalue weighted by atomic mass is 10.0. The minimum Gasteiger partial charge on any atom is -0.366 e. The monoisotopic (exact) mass is 429 g/mol. The number of halogens is 1. The maximum absolute atomic E-state index is 14.2. The SMILES string of the molecule is O=C([C@@H](c1ccccc1)N1Cc2ccccc2C1=O)N1CCN(c2ccccc2F)CC1. The summed E-state index contributed by atoms with van der Waals surface area (Å²) in [5.74, 6) is -0.465. The molecule has 2 amide bonds. The fourth-order valence-corrected chi connectivity index (χ4v) is 4.63. The Morgan fingerprint density at radius 2 is 1.47 bits per heavy atom. The van der Waals surface area contributed by atoms with Crippen molar-refractivity contribution in [3.8, 4) is 0 Å². The van der Waals surface area contributed by atoms with Gasteiger partial charge >= 0.3 is 0 Å². The van der Waals surface area contributed by atoms with Crippen LogP contribution in [-0.4, -0.2) is 47.8 Å². The van der Waals surface area contributed by atoms with Gasteiger partial charge in [-0.05, 0) is 29.3 Å². The van der Waals surface area contributed by atoms with E-state index in [-0.39, 0.29) is 17.6 Å². The van der Waals surface area contributed by atoms with Gasteiger partial charge in [0.25, 0.3) is 5.91 Å². The highest BCUT2D eigenvalue weighted by Gasteiger charge is 2.39. The number of para-hydroxylation sites is 1. The summed E-state index contributed by atoms with van der Waals surface area (Å²) in [7, 11) is 0. The van der Waals surface area contributed by atoms with Gasteiger partial charge in [0.2, 0.25) is 5.91 Å². The van der Waals surface area contributed by atoms with Crippen LogP contribution in [0.2, 0.25) is 0 Å². The van der Waals surface area contributed by atoms with E-state index >= 15 is 0 Å². The van der Waals surface area contributed by atoms with Crippen molar-refractivity contribution in [1.29, 1.82) is 0 Å². The molecule has 0 saturated carbocycles. The summed E-state index contributed by atoms with van der Waals surface area (Å²) < 4.78 is 14.2. The van der Waals surface area contributed by atoms with Crippen LogP contribution in [0.4, 0.5) is 10.1 Å². The highest BCUT2D eigenvalue weighted by molar-refractivity contribution is 6.01. The lowest BCUT2D eigenvalue weighted by Crippen LogP contribution is -2.52. The Bertz CT molecular complexity index is 1140. The molecule has 5 rings (SSSR count). The molecule has 0 aromatic heterocycles. The molecule has 0 N–H and O–H groups in total. The van der Waals surface area contributed by atoms with Gasteiger partial charge in [-0.25, -0.2) is 4.39 Å². The van der Waals surface area contributed by atoms with Crippen LogP contribution in [0.5, 0.6) is 0 Å². The molecular formula is C26H24FN3O2. The minimum atomic E-state index is -0.684. The Balaban J connectivity index is 1.38. The highest BCUT2D eigenvalue weighted by atomic mass is 19.1. The average Bonchev–Trinajstić information content (AvgIpc) is 3.16. The van der Waals surface area contributed by atoms with E-state index in [4.69, 9.17) is 0 Å². The van der Waals surface area contributed by atoms with Crippen LogP contribution in [0.15, 0.2) is 78.9 Å². The van der Waals surface area contributed by atoms with E-state index in [1.54, 1.807) is 21.9 Å². The molecule has 3 aromatic carbocycles. The first kappa shape index (κ1) is 20.2. The number of hydrogen-bond acceptors (Lipinski definition) is 3. The third-order valence-corrected chi connectivity index (χ3v) is 6.29. The Morgan fingerprint density at radius 1 is 0.812 bits per heavy atom. The molecule has 2 heterocycles. The van der Waals surface area contributed by atoms with Crippen molar-refractivity contribution >= 4 is 17.5 Å². The molecule has 0 unspecified atom stereocenters. The predicted octanol–water partition coefficient (Wildman–Crippen LogP) is 3.87. The van der Waals surface area contributed by atoms with E-state index in [0.29, 0.717) is 44.0 Å². The van der Waals surface area contributed by atoms with Gasteiger partial charge in [-0.1, -0.05) is 60.7 Å². The van der Waals surface area contributed by atoms with Crippen molar-refractivity contribution in [1.82, 2.24) is 9.80 Å². The number of nitrogens with zero attached hydrogens (tertiary/aromatic N) is 3. The number of hydrogen-bond donors (Lipinski definition) is 0. The molecule has 1 atom stereocenters. The standard InChI is InChI=1S/C26H24FN3O2/c27-22-12-6-7-13-23(22)28-14-16-29(17-15-28)26(32)24(19-8-2-1-3-9-19)30-18-20-10-4-5-11-21(20)25(30)31/h1-13,24H,14-18H2/t24-/m1/s1. The minimum absolute atomic E-state index is 0.0921. The summed E-state index contributed by atoms with van der Waals surface area (Å²) in [6, 6.07) is 23.0. The van der Waals surface area contributed by atoms with Gasteiger partial charge < -0.3 is 14.7 Å². The van der Waals surface area contributed by atoms with Crippen molar-refractivity contribution < 1.29 is 14.0 Å². The maximum atomic E-state index is 14.2. The molecule has 0 bridgehead atoms. The van der Waals surface area contributed by atoms with E-state index in [1.807, 2.05) is 65.6 Å². The molecule has 0 radical (unpaired) electrons. The van der Waals surface area contributed by atoms with Crippen LogP contribution in [0.1, 0.15) is 27.5 Å². The molecule has 32 heavy (non-hydrogen) atoms. The zero-order valence-corrected chi connectivity index (χ0v) is 17.7. The van der Waals surface area contributed by atoms with Gasteiger partial charge in [0.05, 0.1) is 5.69 Å². The smallest absolute Gasteiger partial charge is 0.255 e. The van der Waals surface area contributed by atoms with Gasteiger partial charge in [-0.2, -0.15) is 0 Å².